The lowest BCUT2D eigenvalue weighted by molar-refractivity contribution is -0.119. The number of hydrogen-bond donors (Lipinski definition) is 1. The summed E-state index contributed by atoms with van der Waals surface area (Å²) in [6.07, 6.45) is 0. The summed E-state index contributed by atoms with van der Waals surface area (Å²) in [4.78, 5) is 24.9. The highest BCUT2D eigenvalue weighted by molar-refractivity contribution is 5.93. The molecule has 1 atom stereocenters. The van der Waals surface area contributed by atoms with E-state index in [0.717, 1.165) is 4.68 Å². The number of halogens is 1. The summed E-state index contributed by atoms with van der Waals surface area (Å²) in [5.74, 6) is 0.197. The van der Waals surface area contributed by atoms with Crippen molar-refractivity contribution in [2.24, 2.45) is 0 Å². The van der Waals surface area contributed by atoms with Gasteiger partial charge in [-0.3, -0.25) is 9.59 Å². The third-order valence-electron chi connectivity index (χ3n) is 4.36. The first-order valence-corrected chi connectivity index (χ1v) is 8.81. The van der Waals surface area contributed by atoms with Crippen LogP contribution in [0, 0.1) is 5.82 Å². The number of anilines is 1. The largest absolute Gasteiger partial charge is 0.493 e. The minimum absolute atomic E-state index is 0.371. The average Bonchev–Trinajstić information content (AvgIpc) is 2.74. The van der Waals surface area contributed by atoms with Gasteiger partial charge in [-0.05, 0) is 49.4 Å². The summed E-state index contributed by atoms with van der Waals surface area (Å²) in [6, 6.07) is 12.7. The summed E-state index contributed by atoms with van der Waals surface area (Å²) >= 11 is 0. The van der Waals surface area contributed by atoms with E-state index in [1.807, 2.05) is 0 Å². The molecule has 0 aliphatic heterocycles. The lowest BCUT2D eigenvalue weighted by atomic mass is 10.1. The Morgan fingerprint density at radius 1 is 1.03 bits per heavy atom. The SMILES string of the molecule is COc1ccc(NC(=O)C(C)n2nc(-c3ccc(F)cc3)ccc2=O)cc1OC. The smallest absolute Gasteiger partial charge is 0.267 e. The third-order valence-corrected chi connectivity index (χ3v) is 4.36. The minimum Gasteiger partial charge on any atom is -0.493 e. The van der Waals surface area contributed by atoms with Crippen molar-refractivity contribution >= 4 is 11.6 Å². The second kappa shape index (κ2) is 8.55. The Balaban J connectivity index is 1.85. The van der Waals surface area contributed by atoms with E-state index in [0.29, 0.717) is 28.4 Å². The van der Waals surface area contributed by atoms with Crippen LogP contribution in [0.3, 0.4) is 0 Å². The second-order valence-electron chi connectivity index (χ2n) is 6.24. The average molecular weight is 397 g/mol. The molecule has 7 nitrogen and oxygen atoms in total. The molecule has 0 radical (unpaired) electrons. The lowest BCUT2D eigenvalue weighted by Gasteiger charge is -2.16. The molecule has 1 aromatic heterocycles. The van der Waals surface area contributed by atoms with Gasteiger partial charge < -0.3 is 14.8 Å². The Labute approximate surface area is 166 Å². The zero-order valence-electron chi connectivity index (χ0n) is 16.2. The fourth-order valence-electron chi connectivity index (χ4n) is 2.75. The molecule has 150 valence electrons. The maximum Gasteiger partial charge on any atom is 0.267 e. The molecule has 0 saturated heterocycles. The highest BCUT2D eigenvalue weighted by Crippen LogP contribution is 2.30. The molecular weight excluding hydrogens is 377 g/mol. The fourth-order valence-corrected chi connectivity index (χ4v) is 2.75. The van der Waals surface area contributed by atoms with Crippen molar-refractivity contribution in [3.63, 3.8) is 0 Å². The molecule has 1 N–H and O–H groups in total. The van der Waals surface area contributed by atoms with Gasteiger partial charge in [-0.15, -0.1) is 0 Å². The number of hydrogen-bond acceptors (Lipinski definition) is 5. The highest BCUT2D eigenvalue weighted by Gasteiger charge is 2.19. The molecule has 1 amide bonds. The van der Waals surface area contributed by atoms with Gasteiger partial charge in [-0.25, -0.2) is 9.07 Å². The molecule has 0 aliphatic carbocycles. The number of ether oxygens (including phenoxy) is 2. The van der Waals surface area contributed by atoms with Crippen molar-refractivity contribution in [1.29, 1.82) is 0 Å². The Morgan fingerprint density at radius 3 is 2.38 bits per heavy atom. The van der Waals surface area contributed by atoms with E-state index in [1.54, 1.807) is 37.3 Å². The van der Waals surface area contributed by atoms with Crippen LogP contribution in [0.4, 0.5) is 10.1 Å². The molecule has 0 saturated carbocycles. The predicted molar refractivity (Wildman–Crippen MR) is 107 cm³/mol. The molecule has 1 unspecified atom stereocenters. The van der Waals surface area contributed by atoms with Gasteiger partial charge in [0.25, 0.3) is 5.56 Å². The van der Waals surface area contributed by atoms with Crippen LogP contribution < -0.4 is 20.3 Å². The van der Waals surface area contributed by atoms with Gasteiger partial charge >= 0.3 is 0 Å². The maximum atomic E-state index is 13.1. The number of nitrogens with zero attached hydrogens (tertiary/aromatic N) is 2. The summed E-state index contributed by atoms with van der Waals surface area (Å²) in [6.45, 7) is 1.57. The van der Waals surface area contributed by atoms with E-state index < -0.39 is 17.5 Å². The number of carbonyl (C=O) groups is 1. The van der Waals surface area contributed by atoms with Crippen LogP contribution in [-0.4, -0.2) is 29.9 Å². The molecule has 3 rings (SSSR count). The van der Waals surface area contributed by atoms with Crippen LogP contribution in [0.25, 0.3) is 11.3 Å². The Bertz CT molecular complexity index is 1080. The number of methoxy groups -OCH3 is 2. The van der Waals surface area contributed by atoms with Crippen LogP contribution in [0.2, 0.25) is 0 Å². The maximum absolute atomic E-state index is 13.1. The number of benzene rings is 2. The summed E-state index contributed by atoms with van der Waals surface area (Å²) in [5.41, 5.74) is 1.15. The first kappa shape index (κ1) is 20.1. The molecule has 0 spiro atoms. The van der Waals surface area contributed by atoms with Crippen LogP contribution >= 0.6 is 0 Å². The van der Waals surface area contributed by atoms with Gasteiger partial charge in [0.2, 0.25) is 5.91 Å². The van der Waals surface area contributed by atoms with Crippen molar-refractivity contribution in [3.8, 4) is 22.8 Å². The number of aromatic nitrogens is 2. The third kappa shape index (κ3) is 4.43. The molecular formula is C21H20FN3O4. The Hall–Kier alpha value is -3.68. The molecule has 0 bridgehead atoms. The quantitative estimate of drug-likeness (QED) is 0.690. The van der Waals surface area contributed by atoms with Crippen LogP contribution in [-0.2, 0) is 4.79 Å². The van der Waals surface area contributed by atoms with Crippen molar-refractivity contribution < 1.29 is 18.7 Å². The Morgan fingerprint density at radius 2 is 1.72 bits per heavy atom. The van der Waals surface area contributed by atoms with E-state index in [1.165, 1.54) is 38.5 Å². The van der Waals surface area contributed by atoms with Crippen molar-refractivity contribution in [1.82, 2.24) is 9.78 Å². The van der Waals surface area contributed by atoms with Crippen LogP contribution in [0.15, 0.2) is 59.4 Å². The standard InChI is InChI=1S/C21H20FN3O4/c1-13(21(27)23-16-8-10-18(28-2)19(12-16)29-3)25-20(26)11-9-17(24-25)14-4-6-15(22)7-5-14/h4-13H,1-3H3,(H,23,27). The van der Waals surface area contributed by atoms with Gasteiger partial charge in [-0.2, -0.15) is 5.10 Å². The van der Waals surface area contributed by atoms with Gasteiger partial charge in [-0.1, -0.05) is 0 Å². The van der Waals surface area contributed by atoms with E-state index in [2.05, 4.69) is 10.4 Å². The summed E-state index contributed by atoms with van der Waals surface area (Å²) in [5, 5.41) is 7.01. The molecule has 3 aromatic rings. The zero-order chi connectivity index (χ0) is 21.0. The Kier molecular flexibility index (Phi) is 5.92. The van der Waals surface area contributed by atoms with Crippen molar-refractivity contribution in [2.75, 3.05) is 19.5 Å². The summed E-state index contributed by atoms with van der Waals surface area (Å²) < 4.78 is 24.6. The molecule has 0 aliphatic rings. The van der Waals surface area contributed by atoms with E-state index in [4.69, 9.17) is 9.47 Å². The fraction of sp³-hybridized carbons (Fsp3) is 0.190. The normalized spacial score (nSPS) is 11.6. The minimum atomic E-state index is -0.879. The first-order chi connectivity index (χ1) is 13.9. The highest BCUT2D eigenvalue weighted by atomic mass is 19.1. The molecule has 29 heavy (non-hydrogen) atoms. The van der Waals surface area contributed by atoms with Crippen molar-refractivity contribution in [3.05, 3.63) is 70.8 Å². The molecule has 8 heteroatoms. The second-order valence-corrected chi connectivity index (χ2v) is 6.24. The topological polar surface area (TPSA) is 82.5 Å². The number of carbonyl (C=O) groups excluding carboxylic acids is 1. The molecule has 0 fully saturated rings. The molecule has 2 aromatic carbocycles. The van der Waals surface area contributed by atoms with Crippen LogP contribution in [0.1, 0.15) is 13.0 Å². The molecule has 1 heterocycles. The van der Waals surface area contributed by atoms with Gasteiger partial charge in [0.05, 0.1) is 19.9 Å². The van der Waals surface area contributed by atoms with Crippen LogP contribution in [0.5, 0.6) is 11.5 Å². The number of amides is 1. The predicted octanol–water partition coefficient (Wildman–Crippen LogP) is 3.27. The van der Waals surface area contributed by atoms with E-state index >= 15 is 0 Å². The number of nitrogens with one attached hydrogen (secondary N) is 1. The van der Waals surface area contributed by atoms with Gasteiger partial charge in [0, 0.05) is 23.4 Å². The van der Waals surface area contributed by atoms with Gasteiger partial charge in [0.1, 0.15) is 11.9 Å². The number of rotatable bonds is 6. The summed E-state index contributed by atoms with van der Waals surface area (Å²) in [7, 11) is 3.01. The lowest BCUT2D eigenvalue weighted by Crippen LogP contribution is -2.33. The zero-order valence-corrected chi connectivity index (χ0v) is 16.2. The van der Waals surface area contributed by atoms with Crippen molar-refractivity contribution in [2.45, 2.75) is 13.0 Å². The van der Waals surface area contributed by atoms with Gasteiger partial charge in [0.15, 0.2) is 11.5 Å². The van der Waals surface area contributed by atoms with E-state index in [9.17, 15) is 14.0 Å². The van der Waals surface area contributed by atoms with E-state index in [-0.39, 0.29) is 5.82 Å². The monoisotopic (exact) mass is 397 g/mol. The first-order valence-electron chi connectivity index (χ1n) is 8.81.